The fourth-order valence-corrected chi connectivity index (χ4v) is 2.98. The zero-order valence-electron chi connectivity index (χ0n) is 10.9. The van der Waals surface area contributed by atoms with Crippen molar-refractivity contribution in [2.45, 2.75) is 38.6 Å². The Morgan fingerprint density at radius 1 is 1.50 bits per heavy atom. The predicted molar refractivity (Wildman–Crippen MR) is 78.3 cm³/mol. The molecule has 0 saturated carbocycles. The Hall–Kier alpha value is -0.830. The molecule has 1 aromatic carbocycles. The Labute approximate surface area is 117 Å². The highest BCUT2D eigenvalue weighted by Gasteiger charge is 2.28. The van der Waals surface area contributed by atoms with Crippen molar-refractivity contribution >= 4 is 21.8 Å². The molecule has 0 radical (unpaired) electrons. The van der Waals surface area contributed by atoms with Gasteiger partial charge in [-0.05, 0) is 44.7 Å². The minimum absolute atomic E-state index is 0.204. The lowest BCUT2D eigenvalue weighted by Crippen LogP contribution is -2.35. The van der Waals surface area contributed by atoms with Crippen molar-refractivity contribution < 1.29 is 4.79 Å². The number of aryl methyl sites for hydroxylation is 1. The molecule has 2 rings (SSSR count). The highest BCUT2D eigenvalue weighted by Crippen LogP contribution is 2.24. The molecule has 1 aliphatic rings. The molecular formula is C15H20BrNO. The fraction of sp³-hybridized carbons (Fsp3) is 0.533. The molecule has 98 valence electrons. The number of carbonyl (C=O) groups excluding carboxylic acids is 1. The van der Waals surface area contributed by atoms with Crippen LogP contribution in [0.15, 0.2) is 24.3 Å². The monoisotopic (exact) mass is 309 g/mol. The predicted octanol–water partition coefficient (Wildman–Crippen LogP) is 3.77. The number of hydrogen-bond donors (Lipinski definition) is 0. The standard InChI is InChI=1S/C15H20BrNO/c1-12-5-2-6-13(11-12)15(18)17-10-4-8-14(17)7-3-9-16/h2,5-6,11,14H,3-4,7-10H2,1H3. The Bertz CT molecular complexity index is 419. The first-order valence-electron chi connectivity index (χ1n) is 6.66. The number of likely N-dealkylation sites (tertiary alicyclic amines) is 1. The summed E-state index contributed by atoms with van der Waals surface area (Å²) in [5.74, 6) is 0.204. The van der Waals surface area contributed by atoms with Gasteiger partial charge in [0.15, 0.2) is 0 Å². The number of carbonyl (C=O) groups is 1. The first-order valence-corrected chi connectivity index (χ1v) is 7.78. The zero-order chi connectivity index (χ0) is 13.0. The second kappa shape index (κ2) is 6.37. The molecule has 0 spiro atoms. The molecule has 1 saturated heterocycles. The van der Waals surface area contributed by atoms with E-state index in [1.165, 1.54) is 0 Å². The van der Waals surface area contributed by atoms with Crippen molar-refractivity contribution in [2.24, 2.45) is 0 Å². The van der Waals surface area contributed by atoms with E-state index in [2.05, 4.69) is 20.8 Å². The van der Waals surface area contributed by atoms with E-state index in [1.54, 1.807) is 0 Å². The van der Waals surface area contributed by atoms with E-state index in [0.717, 1.165) is 48.7 Å². The van der Waals surface area contributed by atoms with Gasteiger partial charge in [-0.15, -0.1) is 0 Å². The van der Waals surface area contributed by atoms with Gasteiger partial charge in [-0.2, -0.15) is 0 Å². The number of halogens is 1. The lowest BCUT2D eigenvalue weighted by molar-refractivity contribution is 0.0730. The molecule has 3 heteroatoms. The smallest absolute Gasteiger partial charge is 0.254 e. The minimum Gasteiger partial charge on any atom is -0.336 e. The van der Waals surface area contributed by atoms with Crippen LogP contribution in [0.2, 0.25) is 0 Å². The van der Waals surface area contributed by atoms with E-state index < -0.39 is 0 Å². The van der Waals surface area contributed by atoms with Crippen molar-refractivity contribution in [1.82, 2.24) is 4.90 Å². The van der Waals surface area contributed by atoms with Crippen molar-refractivity contribution in [3.8, 4) is 0 Å². The minimum atomic E-state index is 0.204. The van der Waals surface area contributed by atoms with Crippen LogP contribution < -0.4 is 0 Å². The van der Waals surface area contributed by atoms with Gasteiger partial charge in [-0.3, -0.25) is 4.79 Å². The van der Waals surface area contributed by atoms with Crippen LogP contribution in [0.1, 0.15) is 41.6 Å². The molecule has 1 unspecified atom stereocenters. The molecule has 2 nitrogen and oxygen atoms in total. The molecule has 1 amide bonds. The van der Waals surface area contributed by atoms with Crippen LogP contribution in [0, 0.1) is 6.92 Å². The number of hydrogen-bond acceptors (Lipinski definition) is 1. The highest BCUT2D eigenvalue weighted by molar-refractivity contribution is 9.09. The van der Waals surface area contributed by atoms with Gasteiger partial charge in [0.1, 0.15) is 0 Å². The summed E-state index contributed by atoms with van der Waals surface area (Å²) in [6.07, 6.45) is 4.56. The van der Waals surface area contributed by atoms with Gasteiger partial charge in [0.05, 0.1) is 0 Å². The molecule has 1 aliphatic heterocycles. The maximum atomic E-state index is 12.5. The summed E-state index contributed by atoms with van der Waals surface area (Å²) in [5, 5.41) is 1.02. The SMILES string of the molecule is Cc1cccc(C(=O)N2CCCC2CCCBr)c1. The lowest BCUT2D eigenvalue weighted by atomic mass is 10.1. The Morgan fingerprint density at radius 2 is 2.33 bits per heavy atom. The van der Waals surface area contributed by atoms with Gasteiger partial charge >= 0.3 is 0 Å². The third-order valence-electron chi connectivity index (χ3n) is 3.57. The fourth-order valence-electron chi connectivity index (χ4n) is 2.66. The van der Waals surface area contributed by atoms with Crippen molar-refractivity contribution in [3.63, 3.8) is 0 Å². The Morgan fingerprint density at radius 3 is 3.06 bits per heavy atom. The van der Waals surface area contributed by atoms with Crippen LogP contribution >= 0.6 is 15.9 Å². The van der Waals surface area contributed by atoms with Crippen LogP contribution in [-0.2, 0) is 0 Å². The zero-order valence-corrected chi connectivity index (χ0v) is 12.4. The molecule has 18 heavy (non-hydrogen) atoms. The van der Waals surface area contributed by atoms with E-state index in [4.69, 9.17) is 0 Å². The summed E-state index contributed by atoms with van der Waals surface area (Å²) in [5.41, 5.74) is 1.98. The maximum Gasteiger partial charge on any atom is 0.254 e. The van der Waals surface area contributed by atoms with Gasteiger partial charge in [0, 0.05) is 23.5 Å². The molecule has 0 aliphatic carbocycles. The van der Waals surface area contributed by atoms with Crippen molar-refractivity contribution in [1.29, 1.82) is 0 Å². The van der Waals surface area contributed by atoms with E-state index in [9.17, 15) is 4.79 Å². The summed E-state index contributed by atoms with van der Waals surface area (Å²) in [4.78, 5) is 14.6. The summed E-state index contributed by atoms with van der Waals surface area (Å²) in [6, 6.07) is 8.35. The van der Waals surface area contributed by atoms with Crippen LogP contribution in [0.25, 0.3) is 0 Å². The molecule has 1 atom stereocenters. The van der Waals surface area contributed by atoms with Crippen LogP contribution in [-0.4, -0.2) is 28.7 Å². The second-order valence-corrected chi connectivity index (χ2v) is 5.79. The third-order valence-corrected chi connectivity index (χ3v) is 4.13. The second-order valence-electron chi connectivity index (χ2n) is 5.00. The summed E-state index contributed by atoms with van der Waals surface area (Å²) in [7, 11) is 0. The number of rotatable bonds is 4. The highest BCUT2D eigenvalue weighted by atomic mass is 79.9. The Kier molecular flexibility index (Phi) is 4.81. The van der Waals surface area contributed by atoms with E-state index in [1.807, 2.05) is 31.2 Å². The molecule has 1 heterocycles. The van der Waals surface area contributed by atoms with E-state index in [-0.39, 0.29) is 5.91 Å². The number of alkyl halides is 1. The average Bonchev–Trinajstić information content (AvgIpc) is 2.83. The molecule has 0 N–H and O–H groups in total. The number of benzene rings is 1. The third kappa shape index (κ3) is 3.14. The van der Waals surface area contributed by atoms with Crippen LogP contribution in [0.3, 0.4) is 0 Å². The summed E-state index contributed by atoms with van der Waals surface area (Å²) >= 11 is 3.46. The quantitative estimate of drug-likeness (QED) is 0.775. The number of nitrogens with zero attached hydrogens (tertiary/aromatic N) is 1. The van der Waals surface area contributed by atoms with Gasteiger partial charge in [0.2, 0.25) is 0 Å². The normalized spacial score (nSPS) is 19.2. The maximum absolute atomic E-state index is 12.5. The Balaban J connectivity index is 2.08. The average molecular weight is 310 g/mol. The first-order chi connectivity index (χ1) is 8.72. The van der Waals surface area contributed by atoms with Crippen LogP contribution in [0.4, 0.5) is 0 Å². The topological polar surface area (TPSA) is 20.3 Å². The molecule has 0 aromatic heterocycles. The molecule has 1 aromatic rings. The van der Waals surface area contributed by atoms with E-state index in [0.29, 0.717) is 6.04 Å². The molecular weight excluding hydrogens is 290 g/mol. The molecule has 1 fully saturated rings. The van der Waals surface area contributed by atoms with E-state index >= 15 is 0 Å². The molecule has 0 bridgehead atoms. The number of amides is 1. The lowest BCUT2D eigenvalue weighted by Gasteiger charge is -2.24. The van der Waals surface area contributed by atoms with Gasteiger partial charge in [-0.1, -0.05) is 33.6 Å². The van der Waals surface area contributed by atoms with Gasteiger partial charge in [-0.25, -0.2) is 0 Å². The first kappa shape index (κ1) is 13.6. The summed E-state index contributed by atoms with van der Waals surface area (Å²) in [6.45, 7) is 2.95. The van der Waals surface area contributed by atoms with Crippen molar-refractivity contribution in [3.05, 3.63) is 35.4 Å². The largest absolute Gasteiger partial charge is 0.336 e. The van der Waals surface area contributed by atoms with Gasteiger partial charge < -0.3 is 4.90 Å². The summed E-state index contributed by atoms with van der Waals surface area (Å²) < 4.78 is 0. The van der Waals surface area contributed by atoms with Crippen molar-refractivity contribution in [2.75, 3.05) is 11.9 Å². The van der Waals surface area contributed by atoms with Crippen LogP contribution in [0.5, 0.6) is 0 Å². The van der Waals surface area contributed by atoms with Gasteiger partial charge in [0.25, 0.3) is 5.91 Å².